The van der Waals surface area contributed by atoms with Gasteiger partial charge in [-0.25, -0.2) is 0 Å². The second kappa shape index (κ2) is 8.32. The van der Waals surface area contributed by atoms with E-state index in [2.05, 4.69) is 130 Å². The van der Waals surface area contributed by atoms with Crippen molar-refractivity contribution >= 4 is 75.1 Å². The third-order valence-corrected chi connectivity index (χ3v) is 9.53. The summed E-state index contributed by atoms with van der Waals surface area (Å²) in [5.74, 6) is 0. The number of para-hydroxylation sites is 2. The zero-order chi connectivity index (χ0) is 27.1. The summed E-state index contributed by atoms with van der Waals surface area (Å²) < 4.78 is 7.37. The maximum absolute atomic E-state index is 9.56. The van der Waals surface area contributed by atoms with Crippen LogP contribution in [0.2, 0.25) is 0 Å². The van der Waals surface area contributed by atoms with Crippen LogP contribution in [0.5, 0.6) is 0 Å². The van der Waals surface area contributed by atoms with Crippen molar-refractivity contribution in [1.29, 1.82) is 5.26 Å². The van der Waals surface area contributed by atoms with E-state index in [0.717, 1.165) is 33.2 Å². The number of benzene rings is 6. The molecule has 0 spiro atoms. The van der Waals surface area contributed by atoms with Crippen molar-refractivity contribution in [2.75, 3.05) is 0 Å². The maximum Gasteiger partial charge on any atom is 0.0991 e. The number of hydrogen-bond donors (Lipinski definition) is 0. The first-order valence-electron chi connectivity index (χ1n) is 13.7. The van der Waals surface area contributed by atoms with Crippen molar-refractivity contribution in [2.45, 2.75) is 0 Å². The van der Waals surface area contributed by atoms with E-state index in [4.69, 9.17) is 0 Å². The zero-order valence-corrected chi connectivity index (χ0v) is 22.7. The SMILES string of the molecule is N#Cc1ccc2c(c1)c1ccccc1n2-c1cccc(-n2c3ccccc3c3c4sc5ccccc5c4ccc32)c1. The van der Waals surface area contributed by atoms with Gasteiger partial charge in [0.15, 0.2) is 0 Å². The van der Waals surface area contributed by atoms with E-state index in [-0.39, 0.29) is 0 Å². The summed E-state index contributed by atoms with van der Waals surface area (Å²) in [6.07, 6.45) is 0. The first kappa shape index (κ1) is 22.4. The molecule has 0 aliphatic heterocycles. The third kappa shape index (κ3) is 3.07. The smallest absolute Gasteiger partial charge is 0.0991 e. The normalized spacial score (nSPS) is 11.9. The van der Waals surface area contributed by atoms with Crippen LogP contribution in [0.4, 0.5) is 0 Å². The first-order chi connectivity index (χ1) is 20.3. The summed E-state index contributed by atoms with van der Waals surface area (Å²) in [4.78, 5) is 0. The minimum absolute atomic E-state index is 0.673. The topological polar surface area (TPSA) is 33.6 Å². The van der Waals surface area contributed by atoms with Crippen LogP contribution < -0.4 is 0 Å². The standard InChI is InChI=1S/C37H21N3S/c38-22-23-16-18-33-30(20-23)26-10-1-4-13-31(26)39(33)24-8-7-9-25(21-24)40-32-14-5-2-12-29(32)36-34(40)19-17-28-27-11-3-6-15-35(27)41-37(28)36/h1-21H. The second-order valence-corrected chi connectivity index (χ2v) is 11.6. The summed E-state index contributed by atoms with van der Waals surface area (Å²) in [5, 5.41) is 17.0. The van der Waals surface area contributed by atoms with E-state index in [1.807, 2.05) is 23.5 Å². The molecule has 0 aliphatic rings. The van der Waals surface area contributed by atoms with E-state index >= 15 is 0 Å². The lowest BCUT2D eigenvalue weighted by Gasteiger charge is -2.13. The molecule has 190 valence electrons. The lowest BCUT2D eigenvalue weighted by Crippen LogP contribution is -1.98. The van der Waals surface area contributed by atoms with E-state index in [1.165, 1.54) is 42.0 Å². The molecule has 9 rings (SSSR count). The molecule has 3 aromatic heterocycles. The van der Waals surface area contributed by atoms with Crippen LogP contribution in [0.1, 0.15) is 5.56 Å². The Balaban J connectivity index is 1.35. The molecule has 9 aromatic rings. The molecule has 3 nitrogen and oxygen atoms in total. The van der Waals surface area contributed by atoms with E-state index in [0.29, 0.717) is 5.56 Å². The first-order valence-corrected chi connectivity index (χ1v) is 14.5. The number of hydrogen-bond acceptors (Lipinski definition) is 2. The van der Waals surface area contributed by atoms with Crippen molar-refractivity contribution in [3.05, 3.63) is 133 Å². The van der Waals surface area contributed by atoms with Crippen LogP contribution in [0, 0.1) is 11.3 Å². The van der Waals surface area contributed by atoms with Gasteiger partial charge in [0.2, 0.25) is 0 Å². The molecule has 41 heavy (non-hydrogen) atoms. The molecular formula is C37H21N3S. The molecule has 3 heterocycles. The highest BCUT2D eigenvalue weighted by Gasteiger charge is 2.18. The summed E-state index contributed by atoms with van der Waals surface area (Å²) >= 11 is 1.88. The Morgan fingerprint density at radius 3 is 1.93 bits per heavy atom. The predicted molar refractivity (Wildman–Crippen MR) is 173 cm³/mol. The second-order valence-electron chi connectivity index (χ2n) is 10.5. The fourth-order valence-electron chi connectivity index (χ4n) is 6.60. The van der Waals surface area contributed by atoms with Crippen molar-refractivity contribution < 1.29 is 0 Å². The highest BCUT2D eigenvalue weighted by molar-refractivity contribution is 7.26. The van der Waals surface area contributed by atoms with Crippen molar-refractivity contribution in [3.63, 3.8) is 0 Å². The van der Waals surface area contributed by atoms with Gasteiger partial charge in [0.1, 0.15) is 0 Å². The van der Waals surface area contributed by atoms with Crippen LogP contribution in [-0.4, -0.2) is 9.13 Å². The average molecular weight is 540 g/mol. The van der Waals surface area contributed by atoms with Gasteiger partial charge in [-0.05, 0) is 60.7 Å². The van der Waals surface area contributed by atoms with Crippen LogP contribution in [0.15, 0.2) is 127 Å². The fourth-order valence-corrected chi connectivity index (χ4v) is 7.86. The van der Waals surface area contributed by atoms with Gasteiger partial charge in [0.05, 0.1) is 33.7 Å². The largest absolute Gasteiger partial charge is 0.309 e. The Bertz CT molecular complexity index is 2550. The monoisotopic (exact) mass is 539 g/mol. The molecule has 6 aromatic carbocycles. The number of rotatable bonds is 2. The summed E-state index contributed by atoms with van der Waals surface area (Å²) in [6.45, 7) is 0. The van der Waals surface area contributed by atoms with Gasteiger partial charge in [0.25, 0.3) is 0 Å². The minimum Gasteiger partial charge on any atom is -0.309 e. The van der Waals surface area contributed by atoms with Crippen LogP contribution in [0.3, 0.4) is 0 Å². The van der Waals surface area contributed by atoms with Crippen molar-refractivity contribution in [3.8, 4) is 17.4 Å². The molecule has 0 N–H and O–H groups in total. The Labute approximate surface area is 239 Å². The molecule has 0 unspecified atom stereocenters. The maximum atomic E-state index is 9.56. The third-order valence-electron chi connectivity index (χ3n) is 8.33. The number of nitrogens with zero attached hydrogens (tertiary/aromatic N) is 3. The fraction of sp³-hybridized carbons (Fsp3) is 0. The molecule has 0 amide bonds. The van der Waals surface area contributed by atoms with Gasteiger partial charge in [0, 0.05) is 53.1 Å². The summed E-state index contributed by atoms with van der Waals surface area (Å²) in [6, 6.07) is 47.6. The van der Waals surface area contributed by atoms with Crippen LogP contribution >= 0.6 is 11.3 Å². The lowest BCUT2D eigenvalue weighted by atomic mass is 10.1. The van der Waals surface area contributed by atoms with E-state index < -0.39 is 0 Å². The molecular weight excluding hydrogens is 518 g/mol. The van der Waals surface area contributed by atoms with E-state index in [1.54, 1.807) is 0 Å². The zero-order valence-electron chi connectivity index (χ0n) is 21.9. The molecule has 0 atom stereocenters. The van der Waals surface area contributed by atoms with Gasteiger partial charge in [-0.2, -0.15) is 5.26 Å². The Morgan fingerprint density at radius 2 is 1.12 bits per heavy atom. The average Bonchev–Trinajstić information content (AvgIpc) is 3.68. The number of thiophene rings is 1. The number of nitriles is 1. The lowest BCUT2D eigenvalue weighted by molar-refractivity contribution is 1.13. The number of fused-ring (bicyclic) bond motifs is 10. The minimum atomic E-state index is 0.673. The molecule has 0 fully saturated rings. The molecule has 0 saturated carbocycles. The summed E-state index contributed by atoms with van der Waals surface area (Å²) in [5.41, 5.74) is 7.52. The van der Waals surface area contributed by atoms with Gasteiger partial charge >= 0.3 is 0 Å². The number of aromatic nitrogens is 2. The quantitative estimate of drug-likeness (QED) is 0.215. The van der Waals surface area contributed by atoms with Gasteiger partial charge in [-0.3, -0.25) is 0 Å². The Morgan fingerprint density at radius 1 is 0.488 bits per heavy atom. The highest BCUT2D eigenvalue weighted by Crippen LogP contribution is 2.43. The molecule has 0 radical (unpaired) electrons. The summed E-state index contributed by atoms with van der Waals surface area (Å²) in [7, 11) is 0. The van der Waals surface area contributed by atoms with Gasteiger partial charge in [-0.15, -0.1) is 11.3 Å². The van der Waals surface area contributed by atoms with Crippen molar-refractivity contribution in [2.24, 2.45) is 0 Å². The predicted octanol–water partition coefficient (Wildman–Crippen LogP) is 10.1. The molecule has 0 bridgehead atoms. The Hall–Kier alpha value is -5.37. The van der Waals surface area contributed by atoms with Gasteiger partial charge in [-0.1, -0.05) is 66.7 Å². The van der Waals surface area contributed by atoms with E-state index in [9.17, 15) is 5.26 Å². The highest BCUT2D eigenvalue weighted by atomic mass is 32.1. The molecule has 0 saturated heterocycles. The van der Waals surface area contributed by atoms with Crippen molar-refractivity contribution in [1.82, 2.24) is 9.13 Å². The molecule has 0 aliphatic carbocycles. The molecule has 4 heteroatoms. The van der Waals surface area contributed by atoms with Crippen LogP contribution in [-0.2, 0) is 0 Å². The van der Waals surface area contributed by atoms with Crippen LogP contribution in [0.25, 0.3) is 75.2 Å². The Kier molecular flexibility index (Phi) is 4.55. The van der Waals surface area contributed by atoms with Gasteiger partial charge < -0.3 is 9.13 Å².